The molecule has 0 saturated carbocycles. The van der Waals surface area contributed by atoms with Crippen molar-refractivity contribution in [3.05, 3.63) is 78.4 Å². The Morgan fingerprint density at radius 1 is 0.733 bits per heavy atom. The Morgan fingerprint density at radius 2 is 1.30 bits per heavy atom. The maximum atomic E-state index is 12.8. The molecule has 0 fully saturated rings. The number of halogens is 4. The third-order valence-electron chi connectivity index (χ3n) is 3.83. The van der Waals surface area contributed by atoms with Crippen molar-refractivity contribution in [1.82, 2.24) is 0 Å². The van der Waals surface area contributed by atoms with E-state index in [1.807, 2.05) is 0 Å². The van der Waals surface area contributed by atoms with Crippen LogP contribution >= 0.6 is 23.5 Å². The molecular formula is C21H16F4N2OS2. The summed E-state index contributed by atoms with van der Waals surface area (Å²) in [6.07, 6.45) is 0. The standard InChI is InChI=1S/C21H16F4N2OS2/c22-20(23)29-15-7-3-5-13(11-15)26-18-10-2-1-9-17(18)19(28)27-14-6-4-8-16(12-14)30-21(24)25/h1-12,20-21,26H,(H,27,28). The van der Waals surface area contributed by atoms with Gasteiger partial charge in [-0.25, -0.2) is 0 Å². The van der Waals surface area contributed by atoms with E-state index in [0.717, 1.165) is 0 Å². The van der Waals surface area contributed by atoms with Crippen molar-refractivity contribution >= 4 is 46.5 Å². The fourth-order valence-corrected chi connectivity index (χ4v) is 3.76. The van der Waals surface area contributed by atoms with Gasteiger partial charge < -0.3 is 10.6 Å². The molecule has 0 unspecified atom stereocenters. The van der Waals surface area contributed by atoms with Gasteiger partial charge in [0.2, 0.25) is 0 Å². The summed E-state index contributed by atoms with van der Waals surface area (Å²) in [7, 11) is 0. The highest BCUT2D eigenvalue weighted by Gasteiger charge is 2.13. The van der Waals surface area contributed by atoms with Crippen LogP contribution in [-0.4, -0.2) is 17.4 Å². The molecule has 0 atom stereocenters. The quantitative estimate of drug-likeness (QED) is 0.278. The van der Waals surface area contributed by atoms with E-state index in [-0.39, 0.29) is 0 Å². The average molecular weight is 452 g/mol. The van der Waals surface area contributed by atoms with Gasteiger partial charge in [0.05, 0.1) is 11.3 Å². The van der Waals surface area contributed by atoms with Crippen molar-refractivity contribution < 1.29 is 22.4 Å². The minimum absolute atomic E-state index is 0.316. The zero-order valence-corrected chi connectivity index (χ0v) is 17.0. The molecule has 0 aliphatic heterocycles. The van der Waals surface area contributed by atoms with Gasteiger partial charge in [0.25, 0.3) is 17.4 Å². The molecule has 3 aromatic carbocycles. The number of carbonyl (C=O) groups excluding carboxylic acids is 1. The molecule has 0 aliphatic rings. The van der Waals surface area contributed by atoms with Crippen LogP contribution in [0.5, 0.6) is 0 Å². The number of benzene rings is 3. The van der Waals surface area contributed by atoms with Gasteiger partial charge in [0.1, 0.15) is 0 Å². The van der Waals surface area contributed by atoms with Gasteiger partial charge in [-0.15, -0.1) is 0 Å². The highest BCUT2D eigenvalue weighted by molar-refractivity contribution is 7.99. The number of rotatable bonds is 8. The molecule has 9 heteroatoms. The Kier molecular flexibility index (Phi) is 7.64. The Bertz CT molecular complexity index is 1020. The number of amides is 1. The van der Waals surface area contributed by atoms with E-state index >= 15 is 0 Å². The van der Waals surface area contributed by atoms with Crippen molar-refractivity contribution in [1.29, 1.82) is 0 Å². The maximum Gasteiger partial charge on any atom is 0.288 e. The molecular weight excluding hydrogens is 436 g/mol. The largest absolute Gasteiger partial charge is 0.355 e. The number of hydrogen-bond donors (Lipinski definition) is 2. The van der Waals surface area contributed by atoms with Crippen LogP contribution < -0.4 is 10.6 Å². The molecule has 3 rings (SSSR count). The lowest BCUT2D eigenvalue weighted by atomic mass is 10.1. The lowest BCUT2D eigenvalue weighted by Crippen LogP contribution is -2.13. The van der Waals surface area contributed by atoms with E-state index < -0.39 is 17.4 Å². The van der Waals surface area contributed by atoms with Crippen LogP contribution in [-0.2, 0) is 0 Å². The van der Waals surface area contributed by atoms with Gasteiger partial charge in [-0.05, 0) is 48.5 Å². The van der Waals surface area contributed by atoms with E-state index in [0.29, 0.717) is 55.9 Å². The van der Waals surface area contributed by atoms with E-state index in [4.69, 9.17) is 0 Å². The fourth-order valence-electron chi connectivity index (χ4n) is 2.64. The third-order valence-corrected chi connectivity index (χ3v) is 5.24. The van der Waals surface area contributed by atoms with Gasteiger partial charge in [-0.3, -0.25) is 4.79 Å². The molecule has 3 aromatic rings. The summed E-state index contributed by atoms with van der Waals surface area (Å²) < 4.78 is 50.3. The highest BCUT2D eigenvalue weighted by atomic mass is 32.2. The number of nitrogens with one attached hydrogen (secondary N) is 2. The van der Waals surface area contributed by atoms with E-state index in [9.17, 15) is 22.4 Å². The van der Waals surface area contributed by atoms with Crippen LogP contribution in [0.1, 0.15) is 10.4 Å². The molecule has 0 aromatic heterocycles. The van der Waals surface area contributed by atoms with Crippen molar-refractivity contribution in [2.75, 3.05) is 10.6 Å². The maximum absolute atomic E-state index is 12.8. The second kappa shape index (κ2) is 10.4. The lowest BCUT2D eigenvalue weighted by Gasteiger charge is -2.13. The number of hydrogen-bond acceptors (Lipinski definition) is 4. The Morgan fingerprint density at radius 3 is 1.93 bits per heavy atom. The summed E-state index contributed by atoms with van der Waals surface area (Å²) in [6.45, 7) is 0. The highest BCUT2D eigenvalue weighted by Crippen LogP contribution is 2.30. The molecule has 0 bridgehead atoms. The number of para-hydroxylation sites is 1. The molecule has 30 heavy (non-hydrogen) atoms. The lowest BCUT2D eigenvalue weighted by molar-refractivity contribution is 0.102. The van der Waals surface area contributed by atoms with Crippen LogP contribution in [0.3, 0.4) is 0 Å². The number of anilines is 3. The van der Waals surface area contributed by atoms with Gasteiger partial charge in [0.15, 0.2) is 0 Å². The van der Waals surface area contributed by atoms with Gasteiger partial charge in [0, 0.05) is 21.2 Å². The molecule has 0 spiro atoms. The van der Waals surface area contributed by atoms with Gasteiger partial charge >= 0.3 is 0 Å². The molecule has 0 saturated heterocycles. The summed E-state index contributed by atoms with van der Waals surface area (Å²) in [5.74, 6) is -5.52. The van der Waals surface area contributed by atoms with Crippen LogP contribution in [0.25, 0.3) is 0 Å². The van der Waals surface area contributed by atoms with Crippen molar-refractivity contribution in [3.8, 4) is 0 Å². The zero-order valence-electron chi connectivity index (χ0n) is 15.3. The first kappa shape index (κ1) is 22.0. The monoisotopic (exact) mass is 452 g/mol. The summed E-state index contributed by atoms with van der Waals surface area (Å²) in [5.41, 5.74) is 1.73. The predicted octanol–water partition coefficient (Wildman–Crippen LogP) is 7.31. The first-order valence-corrected chi connectivity index (χ1v) is 10.4. The third kappa shape index (κ3) is 6.43. The first-order chi connectivity index (χ1) is 14.4. The molecule has 156 valence electrons. The van der Waals surface area contributed by atoms with Gasteiger partial charge in [-0.2, -0.15) is 17.6 Å². The predicted molar refractivity (Wildman–Crippen MR) is 114 cm³/mol. The Balaban J connectivity index is 1.77. The summed E-state index contributed by atoms with van der Waals surface area (Å²) in [6, 6.07) is 19.4. The molecule has 0 radical (unpaired) electrons. The Hall–Kier alpha value is -2.65. The average Bonchev–Trinajstić information content (AvgIpc) is 2.68. The summed E-state index contributed by atoms with van der Waals surface area (Å²) in [4.78, 5) is 13.5. The first-order valence-electron chi connectivity index (χ1n) is 8.68. The number of alkyl halides is 4. The normalized spacial score (nSPS) is 11.0. The molecule has 0 aliphatic carbocycles. The van der Waals surface area contributed by atoms with Gasteiger partial charge in [-0.1, -0.05) is 47.8 Å². The SMILES string of the molecule is O=C(Nc1cccc(SC(F)F)c1)c1ccccc1Nc1cccc(SC(F)F)c1. The fraction of sp³-hybridized carbons (Fsp3) is 0.0952. The van der Waals surface area contributed by atoms with Crippen molar-refractivity contribution in [2.24, 2.45) is 0 Å². The molecule has 2 N–H and O–H groups in total. The van der Waals surface area contributed by atoms with Crippen LogP contribution in [0, 0.1) is 0 Å². The van der Waals surface area contributed by atoms with E-state index in [1.165, 1.54) is 12.1 Å². The van der Waals surface area contributed by atoms with Crippen molar-refractivity contribution in [2.45, 2.75) is 21.3 Å². The minimum Gasteiger partial charge on any atom is -0.355 e. The molecule has 0 heterocycles. The topological polar surface area (TPSA) is 41.1 Å². The van der Waals surface area contributed by atoms with E-state index in [1.54, 1.807) is 60.7 Å². The second-order valence-corrected chi connectivity index (χ2v) is 8.06. The number of carbonyl (C=O) groups is 1. The van der Waals surface area contributed by atoms with Crippen molar-refractivity contribution in [3.63, 3.8) is 0 Å². The number of thioether (sulfide) groups is 2. The minimum atomic E-state index is -2.56. The summed E-state index contributed by atoms with van der Waals surface area (Å²) in [5, 5.41) is 5.76. The Labute approximate surface area is 179 Å². The van der Waals surface area contributed by atoms with Crippen LogP contribution in [0.2, 0.25) is 0 Å². The van der Waals surface area contributed by atoms with E-state index in [2.05, 4.69) is 10.6 Å². The van der Waals surface area contributed by atoms with Crippen LogP contribution in [0.4, 0.5) is 34.6 Å². The molecule has 3 nitrogen and oxygen atoms in total. The smallest absolute Gasteiger partial charge is 0.288 e. The molecule has 1 amide bonds. The zero-order chi connectivity index (χ0) is 21.5. The second-order valence-electron chi connectivity index (χ2n) is 5.94. The summed E-state index contributed by atoms with van der Waals surface area (Å²) >= 11 is 0.826. The van der Waals surface area contributed by atoms with Crippen LogP contribution in [0.15, 0.2) is 82.6 Å².